The lowest BCUT2D eigenvalue weighted by molar-refractivity contribution is 0.0254. The van der Waals surface area contributed by atoms with Gasteiger partial charge in [0.1, 0.15) is 12.7 Å². The Hall–Kier alpha value is -1.89. The SMILES string of the molecule is CCNC(c1cc(C(=O)OCC(O)c2ccccc2)cc(Br)c1N)C1CCCCC1. The lowest BCUT2D eigenvalue weighted by Gasteiger charge is -2.32. The average molecular weight is 475 g/mol. The largest absolute Gasteiger partial charge is 0.459 e. The Morgan fingerprint density at radius 2 is 1.93 bits per heavy atom. The molecule has 0 amide bonds. The van der Waals surface area contributed by atoms with Crippen LogP contribution in [0.15, 0.2) is 46.9 Å². The first kappa shape index (κ1) is 22.8. The van der Waals surface area contributed by atoms with E-state index in [1.54, 1.807) is 6.07 Å². The van der Waals surface area contributed by atoms with E-state index in [1.165, 1.54) is 19.3 Å². The fourth-order valence-electron chi connectivity index (χ4n) is 4.24. The molecule has 0 aliphatic heterocycles. The van der Waals surface area contributed by atoms with Gasteiger partial charge in [-0.2, -0.15) is 0 Å². The average Bonchev–Trinajstić information content (AvgIpc) is 2.78. The van der Waals surface area contributed by atoms with Gasteiger partial charge < -0.3 is 20.9 Å². The highest BCUT2D eigenvalue weighted by atomic mass is 79.9. The minimum absolute atomic E-state index is 0.0978. The second-order valence-corrected chi connectivity index (χ2v) is 8.77. The molecule has 3 rings (SSSR count). The molecule has 162 valence electrons. The number of aliphatic hydroxyl groups is 1. The summed E-state index contributed by atoms with van der Waals surface area (Å²) >= 11 is 3.52. The maximum atomic E-state index is 12.7. The number of nitrogens with two attached hydrogens (primary N) is 1. The summed E-state index contributed by atoms with van der Waals surface area (Å²) in [6, 6.07) is 12.8. The van der Waals surface area contributed by atoms with E-state index < -0.39 is 12.1 Å². The molecule has 0 aromatic heterocycles. The van der Waals surface area contributed by atoms with Crippen molar-refractivity contribution in [3.63, 3.8) is 0 Å². The maximum Gasteiger partial charge on any atom is 0.338 e. The number of benzene rings is 2. The quantitative estimate of drug-likeness (QED) is 0.363. The minimum Gasteiger partial charge on any atom is -0.459 e. The van der Waals surface area contributed by atoms with Gasteiger partial charge in [0.2, 0.25) is 0 Å². The molecule has 1 aliphatic rings. The molecule has 2 unspecified atom stereocenters. The Labute approximate surface area is 187 Å². The third-order valence-corrected chi connectivity index (χ3v) is 6.49. The number of esters is 1. The van der Waals surface area contributed by atoms with Crippen LogP contribution in [0.3, 0.4) is 0 Å². The normalized spacial score (nSPS) is 16.8. The molecule has 1 fully saturated rings. The maximum absolute atomic E-state index is 12.7. The van der Waals surface area contributed by atoms with Crippen molar-refractivity contribution in [3.05, 3.63) is 63.6 Å². The van der Waals surface area contributed by atoms with E-state index >= 15 is 0 Å². The van der Waals surface area contributed by atoms with Crippen LogP contribution in [0.4, 0.5) is 5.69 Å². The summed E-state index contributed by atoms with van der Waals surface area (Å²) in [4.78, 5) is 12.7. The van der Waals surface area contributed by atoms with Gasteiger partial charge in [-0.25, -0.2) is 4.79 Å². The lowest BCUT2D eigenvalue weighted by atomic mass is 9.80. The molecule has 0 bridgehead atoms. The monoisotopic (exact) mass is 474 g/mol. The van der Waals surface area contributed by atoms with Crippen LogP contribution in [0.2, 0.25) is 0 Å². The van der Waals surface area contributed by atoms with E-state index in [1.807, 2.05) is 36.4 Å². The number of hydrogen-bond acceptors (Lipinski definition) is 5. The number of carbonyl (C=O) groups excluding carboxylic acids is 1. The van der Waals surface area contributed by atoms with E-state index in [-0.39, 0.29) is 12.6 Å². The molecule has 6 heteroatoms. The van der Waals surface area contributed by atoms with Crippen molar-refractivity contribution in [2.24, 2.45) is 5.92 Å². The third-order valence-electron chi connectivity index (χ3n) is 5.83. The fourth-order valence-corrected chi connectivity index (χ4v) is 4.72. The number of anilines is 1. The highest BCUT2D eigenvalue weighted by Crippen LogP contribution is 2.39. The number of aliphatic hydroxyl groups excluding tert-OH is 1. The Balaban J connectivity index is 1.78. The molecule has 1 aliphatic carbocycles. The van der Waals surface area contributed by atoms with Crippen molar-refractivity contribution in [1.29, 1.82) is 0 Å². The van der Waals surface area contributed by atoms with Crippen LogP contribution < -0.4 is 11.1 Å². The topological polar surface area (TPSA) is 84.6 Å². The molecular formula is C24H31BrN2O3. The van der Waals surface area contributed by atoms with Crippen molar-refractivity contribution in [2.45, 2.75) is 51.2 Å². The molecule has 0 spiro atoms. The summed E-state index contributed by atoms with van der Waals surface area (Å²) < 4.78 is 6.10. The summed E-state index contributed by atoms with van der Waals surface area (Å²) in [5, 5.41) is 13.9. The molecule has 4 N–H and O–H groups in total. The number of nitrogen functional groups attached to an aromatic ring is 1. The molecule has 0 saturated heterocycles. The smallest absolute Gasteiger partial charge is 0.338 e. The molecular weight excluding hydrogens is 444 g/mol. The number of hydrogen-bond donors (Lipinski definition) is 3. The van der Waals surface area contributed by atoms with Crippen LogP contribution >= 0.6 is 15.9 Å². The van der Waals surface area contributed by atoms with Crippen LogP contribution in [0.5, 0.6) is 0 Å². The number of ether oxygens (including phenoxy) is 1. The van der Waals surface area contributed by atoms with Gasteiger partial charge in [0.25, 0.3) is 0 Å². The van der Waals surface area contributed by atoms with E-state index in [4.69, 9.17) is 10.5 Å². The van der Waals surface area contributed by atoms with Crippen LogP contribution in [0, 0.1) is 5.92 Å². The second-order valence-electron chi connectivity index (χ2n) is 7.92. The van der Waals surface area contributed by atoms with Gasteiger partial charge in [0, 0.05) is 10.5 Å². The predicted molar refractivity (Wildman–Crippen MR) is 123 cm³/mol. The highest BCUT2D eigenvalue weighted by molar-refractivity contribution is 9.10. The molecule has 2 atom stereocenters. The summed E-state index contributed by atoms with van der Waals surface area (Å²) in [6.07, 6.45) is 5.20. The van der Waals surface area contributed by atoms with Gasteiger partial charge in [0.15, 0.2) is 0 Å². The van der Waals surface area contributed by atoms with Crippen molar-refractivity contribution in [2.75, 3.05) is 18.9 Å². The standard InChI is InChI=1S/C24H31BrN2O3/c1-2-27-23(17-11-7-4-8-12-17)19-13-18(14-20(25)22(19)26)24(29)30-15-21(28)16-9-5-3-6-10-16/h3,5-6,9-10,13-14,17,21,23,27-28H,2,4,7-8,11-12,15,26H2,1H3. The van der Waals surface area contributed by atoms with Gasteiger partial charge in [-0.3, -0.25) is 0 Å². The summed E-state index contributed by atoms with van der Waals surface area (Å²) in [6.45, 7) is 2.82. The molecule has 2 aromatic rings. The first-order valence-electron chi connectivity index (χ1n) is 10.7. The summed E-state index contributed by atoms with van der Waals surface area (Å²) in [5.74, 6) is 0.0323. The van der Waals surface area contributed by atoms with Gasteiger partial charge in [-0.05, 0) is 64.5 Å². The molecule has 30 heavy (non-hydrogen) atoms. The van der Waals surface area contributed by atoms with Gasteiger partial charge in [-0.15, -0.1) is 0 Å². The van der Waals surface area contributed by atoms with Crippen molar-refractivity contribution in [3.8, 4) is 0 Å². The molecule has 1 saturated carbocycles. The van der Waals surface area contributed by atoms with Crippen molar-refractivity contribution >= 4 is 27.6 Å². The van der Waals surface area contributed by atoms with Crippen LogP contribution in [-0.4, -0.2) is 24.2 Å². The first-order chi connectivity index (χ1) is 14.5. The third kappa shape index (κ3) is 5.62. The molecule has 5 nitrogen and oxygen atoms in total. The van der Waals surface area contributed by atoms with E-state index in [0.717, 1.165) is 24.9 Å². The van der Waals surface area contributed by atoms with Gasteiger partial charge in [0.05, 0.1) is 11.3 Å². The Morgan fingerprint density at radius 1 is 1.23 bits per heavy atom. The van der Waals surface area contributed by atoms with Gasteiger partial charge in [-0.1, -0.05) is 56.5 Å². The van der Waals surface area contributed by atoms with E-state index in [9.17, 15) is 9.90 Å². The second kappa shape index (κ2) is 10.9. The zero-order valence-electron chi connectivity index (χ0n) is 17.4. The molecule has 2 aromatic carbocycles. The van der Waals surface area contributed by atoms with Gasteiger partial charge >= 0.3 is 5.97 Å². The summed E-state index contributed by atoms with van der Waals surface area (Å²) in [7, 11) is 0. The number of halogens is 1. The van der Waals surface area contributed by atoms with Crippen LogP contribution in [-0.2, 0) is 4.74 Å². The van der Waals surface area contributed by atoms with Crippen molar-refractivity contribution in [1.82, 2.24) is 5.32 Å². The van der Waals surface area contributed by atoms with E-state index in [2.05, 4.69) is 28.2 Å². The Kier molecular flexibility index (Phi) is 8.31. The lowest BCUT2D eigenvalue weighted by Crippen LogP contribution is -2.30. The van der Waals surface area contributed by atoms with Crippen molar-refractivity contribution < 1.29 is 14.6 Å². The fraction of sp³-hybridized carbons (Fsp3) is 0.458. The first-order valence-corrected chi connectivity index (χ1v) is 11.5. The highest BCUT2D eigenvalue weighted by Gasteiger charge is 2.28. The predicted octanol–water partition coefficient (Wildman–Crippen LogP) is 5.15. The van der Waals surface area contributed by atoms with E-state index in [0.29, 0.717) is 27.2 Å². The van der Waals surface area contributed by atoms with Crippen LogP contribution in [0.25, 0.3) is 0 Å². The summed E-state index contributed by atoms with van der Waals surface area (Å²) in [5.41, 5.74) is 9.16. The Morgan fingerprint density at radius 3 is 2.60 bits per heavy atom. The number of nitrogens with one attached hydrogen (secondary N) is 1. The minimum atomic E-state index is -0.858. The zero-order chi connectivity index (χ0) is 21.5. The number of rotatable bonds is 8. The van der Waals surface area contributed by atoms with Crippen LogP contribution in [0.1, 0.15) is 72.7 Å². The number of carbonyl (C=O) groups is 1. The Bertz CT molecular complexity index is 838. The molecule has 0 radical (unpaired) electrons. The molecule has 0 heterocycles. The zero-order valence-corrected chi connectivity index (χ0v) is 19.0.